The van der Waals surface area contributed by atoms with E-state index in [9.17, 15) is 8.42 Å². The van der Waals surface area contributed by atoms with Gasteiger partial charge in [0.15, 0.2) is 15.5 Å². The van der Waals surface area contributed by atoms with Gasteiger partial charge in [-0.1, -0.05) is 42.5 Å². The Labute approximate surface area is 151 Å². The van der Waals surface area contributed by atoms with Crippen LogP contribution in [-0.2, 0) is 16.3 Å². The first kappa shape index (κ1) is 16.5. The highest BCUT2D eigenvalue weighted by molar-refractivity contribution is 7.90. The maximum Gasteiger partial charge on any atom is 0.175 e. The van der Waals surface area contributed by atoms with Crippen molar-refractivity contribution in [2.75, 3.05) is 6.26 Å². The van der Waals surface area contributed by atoms with E-state index < -0.39 is 9.84 Å². The summed E-state index contributed by atoms with van der Waals surface area (Å²) in [6.07, 6.45) is 3.69. The number of rotatable bonds is 4. The molecule has 2 aromatic carbocycles. The SMILES string of the molecule is CS(=O)(=O)c1ccc(-c2cnc3ccc(Cc4ccccc4)nn23)cc1. The Balaban J connectivity index is 1.73. The van der Waals surface area contributed by atoms with Crippen LogP contribution in [0.5, 0.6) is 0 Å². The molecule has 0 saturated heterocycles. The van der Waals surface area contributed by atoms with Crippen molar-refractivity contribution in [3.05, 3.63) is 84.2 Å². The van der Waals surface area contributed by atoms with Gasteiger partial charge >= 0.3 is 0 Å². The molecule has 0 aliphatic heterocycles. The van der Waals surface area contributed by atoms with Gasteiger partial charge in [0.1, 0.15) is 0 Å². The summed E-state index contributed by atoms with van der Waals surface area (Å²) in [5, 5.41) is 4.71. The van der Waals surface area contributed by atoms with Gasteiger partial charge in [-0.05, 0) is 29.8 Å². The molecule has 4 rings (SSSR count). The second kappa shape index (κ2) is 6.38. The van der Waals surface area contributed by atoms with Crippen molar-refractivity contribution in [3.8, 4) is 11.3 Å². The zero-order valence-electron chi connectivity index (χ0n) is 14.2. The topological polar surface area (TPSA) is 64.3 Å². The third-order valence-corrected chi connectivity index (χ3v) is 5.35. The van der Waals surface area contributed by atoms with Crippen LogP contribution in [0.15, 0.2) is 77.8 Å². The Bertz CT molecular complexity index is 1160. The zero-order valence-corrected chi connectivity index (χ0v) is 15.0. The van der Waals surface area contributed by atoms with E-state index in [1.807, 2.05) is 30.3 Å². The third-order valence-electron chi connectivity index (χ3n) is 4.22. The fourth-order valence-corrected chi connectivity index (χ4v) is 3.51. The molecule has 0 bridgehead atoms. The van der Waals surface area contributed by atoms with Gasteiger partial charge in [0, 0.05) is 18.2 Å². The van der Waals surface area contributed by atoms with E-state index in [0.717, 1.165) is 29.0 Å². The molecule has 4 aromatic rings. The Morgan fingerprint density at radius 2 is 1.65 bits per heavy atom. The summed E-state index contributed by atoms with van der Waals surface area (Å²) in [6.45, 7) is 0. The lowest BCUT2D eigenvalue weighted by atomic mass is 10.1. The lowest BCUT2D eigenvalue weighted by Gasteiger charge is -2.05. The van der Waals surface area contributed by atoms with Gasteiger partial charge in [-0.2, -0.15) is 5.10 Å². The van der Waals surface area contributed by atoms with Crippen LogP contribution in [0.25, 0.3) is 16.9 Å². The summed E-state index contributed by atoms with van der Waals surface area (Å²) in [4.78, 5) is 4.70. The maximum absolute atomic E-state index is 11.6. The van der Waals surface area contributed by atoms with Gasteiger partial charge in [0.2, 0.25) is 0 Å². The highest BCUT2D eigenvalue weighted by Crippen LogP contribution is 2.22. The van der Waals surface area contributed by atoms with E-state index >= 15 is 0 Å². The van der Waals surface area contributed by atoms with Gasteiger partial charge in [-0.25, -0.2) is 17.9 Å². The van der Waals surface area contributed by atoms with Crippen molar-refractivity contribution in [2.24, 2.45) is 0 Å². The number of nitrogens with zero attached hydrogens (tertiary/aromatic N) is 3. The van der Waals surface area contributed by atoms with Crippen LogP contribution in [0.2, 0.25) is 0 Å². The maximum atomic E-state index is 11.6. The monoisotopic (exact) mass is 363 g/mol. The normalized spacial score (nSPS) is 11.7. The van der Waals surface area contributed by atoms with E-state index in [4.69, 9.17) is 5.10 Å². The lowest BCUT2D eigenvalue weighted by molar-refractivity contribution is 0.602. The predicted octanol–water partition coefficient (Wildman–Crippen LogP) is 3.39. The minimum atomic E-state index is -3.21. The summed E-state index contributed by atoms with van der Waals surface area (Å²) in [5.74, 6) is 0. The van der Waals surface area contributed by atoms with Crippen LogP contribution in [0.1, 0.15) is 11.3 Å². The smallest absolute Gasteiger partial charge is 0.175 e. The fourth-order valence-electron chi connectivity index (χ4n) is 2.88. The summed E-state index contributed by atoms with van der Waals surface area (Å²) in [5.41, 5.74) is 4.59. The van der Waals surface area contributed by atoms with E-state index in [1.54, 1.807) is 35.0 Å². The molecule has 0 spiro atoms. The first-order valence-electron chi connectivity index (χ1n) is 8.19. The first-order chi connectivity index (χ1) is 12.5. The minimum absolute atomic E-state index is 0.299. The highest BCUT2D eigenvalue weighted by Gasteiger charge is 2.11. The Morgan fingerprint density at radius 3 is 2.35 bits per heavy atom. The van der Waals surface area contributed by atoms with Crippen molar-refractivity contribution >= 4 is 15.5 Å². The second-order valence-electron chi connectivity index (χ2n) is 6.20. The molecular formula is C20H17N3O2S. The van der Waals surface area contributed by atoms with Crippen LogP contribution in [0.4, 0.5) is 0 Å². The minimum Gasteiger partial charge on any atom is -0.235 e. The van der Waals surface area contributed by atoms with Crippen LogP contribution >= 0.6 is 0 Å². The highest BCUT2D eigenvalue weighted by atomic mass is 32.2. The number of hydrogen-bond donors (Lipinski definition) is 0. The molecule has 0 unspecified atom stereocenters. The zero-order chi connectivity index (χ0) is 18.1. The summed E-state index contributed by atoms with van der Waals surface area (Å²) in [7, 11) is -3.21. The van der Waals surface area contributed by atoms with Crippen molar-refractivity contribution in [1.29, 1.82) is 0 Å². The van der Waals surface area contributed by atoms with E-state index in [0.29, 0.717) is 4.90 Å². The van der Waals surface area contributed by atoms with Crippen molar-refractivity contribution in [3.63, 3.8) is 0 Å². The fraction of sp³-hybridized carbons (Fsp3) is 0.100. The number of imidazole rings is 1. The summed E-state index contributed by atoms with van der Waals surface area (Å²) >= 11 is 0. The quantitative estimate of drug-likeness (QED) is 0.557. The number of hydrogen-bond acceptors (Lipinski definition) is 4. The van der Waals surface area contributed by atoms with E-state index in [1.165, 1.54) is 11.8 Å². The van der Waals surface area contributed by atoms with Crippen molar-refractivity contribution < 1.29 is 8.42 Å². The number of benzene rings is 2. The molecule has 0 N–H and O–H groups in total. The Hall–Kier alpha value is -2.99. The van der Waals surface area contributed by atoms with E-state index in [2.05, 4.69) is 17.1 Å². The Kier molecular flexibility index (Phi) is 4.05. The van der Waals surface area contributed by atoms with Crippen molar-refractivity contribution in [2.45, 2.75) is 11.3 Å². The molecule has 0 aliphatic rings. The molecule has 26 heavy (non-hydrogen) atoms. The number of fused-ring (bicyclic) bond motifs is 1. The van der Waals surface area contributed by atoms with Crippen molar-refractivity contribution in [1.82, 2.24) is 14.6 Å². The van der Waals surface area contributed by atoms with Gasteiger partial charge in [0.25, 0.3) is 0 Å². The van der Waals surface area contributed by atoms with Crippen LogP contribution in [0.3, 0.4) is 0 Å². The summed E-state index contributed by atoms with van der Waals surface area (Å²) in [6, 6.07) is 20.9. The number of sulfone groups is 1. The van der Waals surface area contributed by atoms with Gasteiger partial charge in [-0.15, -0.1) is 0 Å². The molecule has 0 saturated carbocycles. The molecule has 0 radical (unpaired) electrons. The molecule has 0 amide bonds. The molecule has 2 heterocycles. The first-order valence-corrected chi connectivity index (χ1v) is 10.1. The Morgan fingerprint density at radius 1 is 0.923 bits per heavy atom. The molecule has 6 heteroatoms. The summed E-state index contributed by atoms with van der Waals surface area (Å²) < 4.78 is 25.1. The lowest BCUT2D eigenvalue weighted by Crippen LogP contribution is -2.01. The molecule has 130 valence electrons. The third kappa shape index (κ3) is 3.23. The predicted molar refractivity (Wildman–Crippen MR) is 101 cm³/mol. The van der Waals surface area contributed by atoms with Gasteiger partial charge in [-0.3, -0.25) is 0 Å². The average Bonchev–Trinajstić information content (AvgIpc) is 3.05. The molecule has 2 aromatic heterocycles. The largest absolute Gasteiger partial charge is 0.235 e. The van der Waals surface area contributed by atoms with Crippen LogP contribution < -0.4 is 0 Å². The standard InChI is InChI=1S/C20H17N3O2S/c1-26(24,25)18-10-7-16(8-11-18)19-14-21-20-12-9-17(22-23(19)20)13-15-5-3-2-4-6-15/h2-12,14H,13H2,1H3. The molecular weight excluding hydrogens is 346 g/mol. The average molecular weight is 363 g/mol. The second-order valence-corrected chi connectivity index (χ2v) is 8.21. The van der Waals surface area contributed by atoms with E-state index in [-0.39, 0.29) is 0 Å². The molecule has 0 aliphatic carbocycles. The molecule has 0 fully saturated rings. The van der Waals surface area contributed by atoms with Gasteiger partial charge in [0.05, 0.1) is 22.5 Å². The molecule has 0 atom stereocenters. The number of aromatic nitrogens is 3. The van der Waals surface area contributed by atoms with Gasteiger partial charge < -0.3 is 0 Å². The molecule has 5 nitrogen and oxygen atoms in total. The van der Waals surface area contributed by atoms with Crippen LogP contribution in [0, 0.1) is 0 Å². The van der Waals surface area contributed by atoms with Crippen LogP contribution in [-0.4, -0.2) is 29.3 Å².